The lowest BCUT2D eigenvalue weighted by Crippen LogP contribution is -2.17. The molecule has 0 aromatic heterocycles. The SMILES string of the molecule is COc1ccc(C(=O)Nc2cc(Cl)ccc2Cl)cc1NS(=O)(=O)c1ccc(C(C)(C)C)cc1. The van der Waals surface area contributed by atoms with Crippen LogP contribution < -0.4 is 14.8 Å². The average Bonchev–Trinajstić information content (AvgIpc) is 2.75. The summed E-state index contributed by atoms with van der Waals surface area (Å²) in [6, 6.07) is 15.8. The van der Waals surface area contributed by atoms with Gasteiger partial charge in [-0.2, -0.15) is 0 Å². The summed E-state index contributed by atoms with van der Waals surface area (Å²) >= 11 is 12.1. The quantitative estimate of drug-likeness (QED) is 0.407. The fourth-order valence-corrected chi connectivity index (χ4v) is 4.45. The van der Waals surface area contributed by atoms with Gasteiger partial charge in [-0.1, -0.05) is 56.1 Å². The smallest absolute Gasteiger partial charge is 0.262 e. The molecule has 0 bridgehead atoms. The fraction of sp³-hybridized carbons (Fsp3) is 0.208. The van der Waals surface area contributed by atoms with Gasteiger partial charge in [-0.15, -0.1) is 0 Å². The highest BCUT2D eigenvalue weighted by atomic mass is 35.5. The molecule has 0 unspecified atom stereocenters. The van der Waals surface area contributed by atoms with E-state index in [0.717, 1.165) is 5.56 Å². The molecule has 6 nitrogen and oxygen atoms in total. The molecule has 0 saturated heterocycles. The number of sulfonamides is 1. The van der Waals surface area contributed by atoms with Gasteiger partial charge in [-0.3, -0.25) is 9.52 Å². The van der Waals surface area contributed by atoms with E-state index >= 15 is 0 Å². The number of benzene rings is 3. The van der Waals surface area contributed by atoms with Crippen LogP contribution in [-0.4, -0.2) is 21.4 Å². The van der Waals surface area contributed by atoms with E-state index in [1.54, 1.807) is 36.4 Å². The molecule has 0 spiro atoms. The van der Waals surface area contributed by atoms with Crippen molar-refractivity contribution in [1.29, 1.82) is 0 Å². The molecule has 0 fully saturated rings. The molecule has 0 radical (unpaired) electrons. The molecule has 1 amide bonds. The Hall–Kier alpha value is -2.74. The first-order valence-electron chi connectivity index (χ1n) is 9.98. The van der Waals surface area contributed by atoms with Crippen molar-refractivity contribution in [3.05, 3.63) is 81.8 Å². The molecule has 0 heterocycles. The third-order valence-corrected chi connectivity index (χ3v) is 6.86. The van der Waals surface area contributed by atoms with Gasteiger partial charge in [-0.25, -0.2) is 8.42 Å². The van der Waals surface area contributed by atoms with Gasteiger partial charge in [-0.05, 0) is 59.5 Å². The summed E-state index contributed by atoms with van der Waals surface area (Å²) in [5.41, 5.74) is 1.57. The highest BCUT2D eigenvalue weighted by Crippen LogP contribution is 2.31. The van der Waals surface area contributed by atoms with E-state index in [0.29, 0.717) is 15.7 Å². The summed E-state index contributed by atoms with van der Waals surface area (Å²) in [4.78, 5) is 12.9. The molecule has 3 aromatic carbocycles. The molecule has 0 aliphatic carbocycles. The van der Waals surface area contributed by atoms with Gasteiger partial charge in [0.25, 0.3) is 15.9 Å². The Morgan fingerprint density at radius 1 is 0.909 bits per heavy atom. The number of halogens is 2. The molecule has 0 aliphatic rings. The van der Waals surface area contributed by atoms with Crippen LogP contribution in [0.25, 0.3) is 0 Å². The Balaban J connectivity index is 1.89. The fourth-order valence-electron chi connectivity index (χ4n) is 3.05. The van der Waals surface area contributed by atoms with Crippen molar-refractivity contribution in [3.63, 3.8) is 0 Å². The first-order valence-corrected chi connectivity index (χ1v) is 12.2. The van der Waals surface area contributed by atoms with E-state index < -0.39 is 15.9 Å². The zero-order chi connectivity index (χ0) is 24.4. The van der Waals surface area contributed by atoms with E-state index in [2.05, 4.69) is 10.0 Å². The number of carbonyl (C=O) groups is 1. The van der Waals surface area contributed by atoms with Gasteiger partial charge in [0.15, 0.2) is 0 Å². The highest BCUT2D eigenvalue weighted by Gasteiger charge is 2.20. The monoisotopic (exact) mass is 506 g/mol. The van der Waals surface area contributed by atoms with Crippen molar-refractivity contribution >= 4 is 50.5 Å². The van der Waals surface area contributed by atoms with Crippen molar-refractivity contribution in [3.8, 4) is 5.75 Å². The molecule has 0 atom stereocenters. The first kappa shape index (κ1) is 24.9. The molecule has 33 heavy (non-hydrogen) atoms. The van der Waals surface area contributed by atoms with Gasteiger partial charge < -0.3 is 10.1 Å². The maximum absolute atomic E-state index is 13.0. The van der Waals surface area contributed by atoms with Crippen LogP contribution in [0.4, 0.5) is 11.4 Å². The molecule has 0 saturated carbocycles. The van der Waals surface area contributed by atoms with Gasteiger partial charge >= 0.3 is 0 Å². The topological polar surface area (TPSA) is 84.5 Å². The van der Waals surface area contributed by atoms with Crippen molar-refractivity contribution in [2.45, 2.75) is 31.1 Å². The van der Waals surface area contributed by atoms with Gasteiger partial charge in [0.05, 0.1) is 28.4 Å². The number of nitrogens with one attached hydrogen (secondary N) is 2. The predicted octanol–water partition coefficient (Wildman–Crippen LogP) is 6.35. The molecule has 3 aromatic rings. The van der Waals surface area contributed by atoms with Crippen molar-refractivity contribution < 1.29 is 17.9 Å². The lowest BCUT2D eigenvalue weighted by atomic mass is 9.87. The van der Waals surface area contributed by atoms with Crippen LogP contribution >= 0.6 is 23.2 Å². The number of ether oxygens (including phenoxy) is 1. The zero-order valence-electron chi connectivity index (χ0n) is 18.6. The largest absolute Gasteiger partial charge is 0.495 e. The number of hydrogen-bond donors (Lipinski definition) is 2. The van der Waals surface area contributed by atoms with Crippen LogP contribution in [0, 0.1) is 0 Å². The third kappa shape index (κ3) is 5.99. The van der Waals surface area contributed by atoms with E-state index in [9.17, 15) is 13.2 Å². The summed E-state index contributed by atoms with van der Waals surface area (Å²) in [6.07, 6.45) is 0. The summed E-state index contributed by atoms with van der Waals surface area (Å²) in [5.74, 6) is -0.223. The minimum Gasteiger partial charge on any atom is -0.495 e. The van der Waals surface area contributed by atoms with Crippen LogP contribution in [0.2, 0.25) is 10.0 Å². The van der Waals surface area contributed by atoms with E-state index in [-0.39, 0.29) is 27.3 Å². The van der Waals surface area contributed by atoms with Gasteiger partial charge in [0.1, 0.15) is 5.75 Å². The highest BCUT2D eigenvalue weighted by molar-refractivity contribution is 7.92. The molecule has 174 valence electrons. The summed E-state index contributed by atoms with van der Waals surface area (Å²) in [6.45, 7) is 6.15. The predicted molar refractivity (Wildman–Crippen MR) is 133 cm³/mol. The molecule has 0 aliphatic heterocycles. The minimum absolute atomic E-state index is 0.0955. The maximum atomic E-state index is 13.0. The molecule has 2 N–H and O–H groups in total. The van der Waals surface area contributed by atoms with Gasteiger partial charge in [0.2, 0.25) is 0 Å². The standard InChI is InChI=1S/C24H24Cl2N2O4S/c1-24(2,3)16-6-9-18(10-7-16)33(30,31)28-21-13-15(5-12-22(21)32-4)23(29)27-20-14-17(25)8-11-19(20)26/h5-14,28H,1-4H3,(H,27,29). The molecule has 3 rings (SSSR count). The molecular formula is C24H24Cl2N2O4S. The van der Waals surface area contributed by atoms with Crippen molar-refractivity contribution in [2.75, 3.05) is 17.1 Å². The average molecular weight is 507 g/mol. The van der Waals surface area contributed by atoms with Crippen molar-refractivity contribution in [2.24, 2.45) is 0 Å². The Labute approximate surface area is 203 Å². The van der Waals surface area contributed by atoms with E-state index in [1.807, 2.05) is 20.8 Å². The van der Waals surface area contributed by atoms with Gasteiger partial charge in [0, 0.05) is 10.6 Å². The van der Waals surface area contributed by atoms with E-state index in [1.165, 1.54) is 31.4 Å². The number of amides is 1. The van der Waals surface area contributed by atoms with Crippen LogP contribution in [-0.2, 0) is 15.4 Å². The lowest BCUT2D eigenvalue weighted by molar-refractivity contribution is 0.102. The van der Waals surface area contributed by atoms with Crippen LogP contribution in [0.5, 0.6) is 5.75 Å². The summed E-state index contributed by atoms with van der Waals surface area (Å²) in [7, 11) is -2.51. The second-order valence-corrected chi connectivity index (χ2v) is 10.9. The van der Waals surface area contributed by atoms with Crippen LogP contribution in [0.15, 0.2) is 65.6 Å². The number of hydrogen-bond acceptors (Lipinski definition) is 4. The third-order valence-electron chi connectivity index (χ3n) is 4.91. The maximum Gasteiger partial charge on any atom is 0.262 e. The zero-order valence-corrected chi connectivity index (χ0v) is 20.9. The Bertz CT molecular complexity index is 1280. The molecule has 9 heteroatoms. The lowest BCUT2D eigenvalue weighted by Gasteiger charge is -2.19. The second kappa shape index (κ2) is 9.63. The van der Waals surface area contributed by atoms with Crippen LogP contribution in [0.3, 0.4) is 0 Å². The number of anilines is 2. The van der Waals surface area contributed by atoms with Crippen LogP contribution in [0.1, 0.15) is 36.7 Å². The molecular weight excluding hydrogens is 483 g/mol. The Kier molecular flexibility index (Phi) is 7.26. The summed E-state index contributed by atoms with van der Waals surface area (Å²) < 4.78 is 33.8. The number of carbonyl (C=O) groups excluding carboxylic acids is 1. The number of rotatable bonds is 6. The normalized spacial score (nSPS) is 11.7. The minimum atomic E-state index is -3.92. The Morgan fingerprint density at radius 3 is 2.18 bits per heavy atom. The van der Waals surface area contributed by atoms with E-state index in [4.69, 9.17) is 27.9 Å². The second-order valence-electron chi connectivity index (χ2n) is 8.37. The first-order chi connectivity index (χ1) is 15.4. The number of methoxy groups -OCH3 is 1. The van der Waals surface area contributed by atoms with Crippen molar-refractivity contribution in [1.82, 2.24) is 0 Å². The Morgan fingerprint density at radius 2 is 1.58 bits per heavy atom. The summed E-state index contributed by atoms with van der Waals surface area (Å²) in [5, 5.41) is 3.41.